The van der Waals surface area contributed by atoms with Gasteiger partial charge in [-0.2, -0.15) is 0 Å². The van der Waals surface area contributed by atoms with Gasteiger partial charge in [0.1, 0.15) is 0 Å². The predicted molar refractivity (Wildman–Crippen MR) is 48.8 cm³/mol. The number of primary amides is 1. The van der Waals surface area contributed by atoms with Crippen LogP contribution >= 0.6 is 0 Å². The number of carbonyl (C=O) groups excluding carboxylic acids is 2. The predicted octanol–water partition coefficient (Wildman–Crippen LogP) is 0.841. The molecule has 0 aromatic rings. The largest absolute Gasteiger partial charge is 0.465 e. The van der Waals surface area contributed by atoms with Crippen LogP contribution in [0.1, 0.15) is 33.1 Å². The maximum atomic E-state index is 11.1. The molecule has 0 rings (SSSR count). The lowest BCUT2D eigenvalue weighted by atomic mass is 10.1. The Morgan fingerprint density at radius 3 is 2.54 bits per heavy atom. The van der Waals surface area contributed by atoms with Gasteiger partial charge >= 0.3 is 5.97 Å². The Kier molecular flexibility index (Phi) is 5.93. The molecule has 0 fully saturated rings. The molecule has 0 aliphatic rings. The third-order valence-electron chi connectivity index (χ3n) is 1.83. The van der Waals surface area contributed by atoms with Gasteiger partial charge in [-0.3, -0.25) is 9.59 Å². The highest BCUT2D eigenvalue weighted by Crippen LogP contribution is 2.03. The van der Waals surface area contributed by atoms with Gasteiger partial charge in [-0.05, 0) is 12.8 Å². The number of hydrogen-bond acceptors (Lipinski definition) is 3. The second kappa shape index (κ2) is 6.46. The first-order valence-corrected chi connectivity index (χ1v) is 4.52. The SMILES string of the molecule is CCC(C)C(=O)OCCCC(N)=O. The van der Waals surface area contributed by atoms with E-state index >= 15 is 0 Å². The number of nitrogens with two attached hydrogens (primary N) is 1. The van der Waals surface area contributed by atoms with E-state index in [9.17, 15) is 9.59 Å². The van der Waals surface area contributed by atoms with Crippen LogP contribution in [0.5, 0.6) is 0 Å². The fourth-order valence-electron chi connectivity index (χ4n) is 0.728. The van der Waals surface area contributed by atoms with Crippen molar-refractivity contribution < 1.29 is 14.3 Å². The Hall–Kier alpha value is -1.06. The van der Waals surface area contributed by atoms with Crippen molar-refractivity contribution in [2.75, 3.05) is 6.61 Å². The molecular weight excluding hydrogens is 170 g/mol. The molecule has 4 heteroatoms. The molecule has 1 unspecified atom stereocenters. The van der Waals surface area contributed by atoms with Gasteiger partial charge in [0, 0.05) is 6.42 Å². The van der Waals surface area contributed by atoms with Gasteiger partial charge in [0.05, 0.1) is 12.5 Å². The smallest absolute Gasteiger partial charge is 0.308 e. The lowest BCUT2D eigenvalue weighted by molar-refractivity contribution is -0.148. The highest BCUT2D eigenvalue weighted by molar-refractivity contribution is 5.74. The van der Waals surface area contributed by atoms with Crippen molar-refractivity contribution in [3.63, 3.8) is 0 Å². The summed E-state index contributed by atoms with van der Waals surface area (Å²) in [6, 6.07) is 0. The van der Waals surface area contributed by atoms with Crippen LogP contribution in [0.15, 0.2) is 0 Å². The van der Waals surface area contributed by atoms with Crippen LogP contribution in [0, 0.1) is 5.92 Å². The summed E-state index contributed by atoms with van der Waals surface area (Å²) in [5, 5.41) is 0. The lowest BCUT2D eigenvalue weighted by Crippen LogP contribution is -2.16. The van der Waals surface area contributed by atoms with Crippen LogP contribution in [0.2, 0.25) is 0 Å². The van der Waals surface area contributed by atoms with Crippen molar-refractivity contribution in [2.45, 2.75) is 33.1 Å². The molecule has 0 saturated heterocycles. The van der Waals surface area contributed by atoms with E-state index in [0.717, 1.165) is 6.42 Å². The fraction of sp³-hybridized carbons (Fsp3) is 0.778. The van der Waals surface area contributed by atoms with Crippen molar-refractivity contribution in [1.82, 2.24) is 0 Å². The van der Waals surface area contributed by atoms with Crippen LogP contribution in [0.4, 0.5) is 0 Å². The molecule has 0 bridgehead atoms. The van der Waals surface area contributed by atoms with E-state index in [1.54, 1.807) is 0 Å². The fourth-order valence-corrected chi connectivity index (χ4v) is 0.728. The highest BCUT2D eigenvalue weighted by Gasteiger charge is 2.11. The molecule has 1 amide bonds. The molecule has 13 heavy (non-hydrogen) atoms. The zero-order valence-corrected chi connectivity index (χ0v) is 8.21. The van der Waals surface area contributed by atoms with Gasteiger partial charge < -0.3 is 10.5 Å². The molecule has 0 aromatic carbocycles. The van der Waals surface area contributed by atoms with E-state index in [-0.39, 0.29) is 30.8 Å². The van der Waals surface area contributed by atoms with Crippen molar-refractivity contribution in [3.05, 3.63) is 0 Å². The molecule has 0 radical (unpaired) electrons. The summed E-state index contributed by atoms with van der Waals surface area (Å²) >= 11 is 0. The summed E-state index contributed by atoms with van der Waals surface area (Å²) in [6.07, 6.45) is 1.56. The number of esters is 1. The maximum absolute atomic E-state index is 11.1. The molecule has 0 heterocycles. The third-order valence-corrected chi connectivity index (χ3v) is 1.83. The van der Waals surface area contributed by atoms with Crippen molar-refractivity contribution in [1.29, 1.82) is 0 Å². The maximum Gasteiger partial charge on any atom is 0.308 e. The first kappa shape index (κ1) is 11.9. The third kappa shape index (κ3) is 6.13. The number of amides is 1. The number of carbonyl (C=O) groups is 2. The minimum absolute atomic E-state index is 0.0615. The van der Waals surface area contributed by atoms with Crippen LogP contribution < -0.4 is 5.73 Å². The quantitative estimate of drug-likeness (QED) is 0.495. The lowest BCUT2D eigenvalue weighted by Gasteiger charge is -2.08. The first-order valence-electron chi connectivity index (χ1n) is 4.52. The van der Waals surface area contributed by atoms with E-state index in [2.05, 4.69) is 0 Å². The first-order chi connectivity index (χ1) is 6.07. The molecule has 0 saturated carbocycles. The van der Waals surface area contributed by atoms with E-state index < -0.39 is 0 Å². The molecule has 0 aromatic heterocycles. The van der Waals surface area contributed by atoms with Gasteiger partial charge in [0.25, 0.3) is 0 Å². The van der Waals surface area contributed by atoms with E-state index in [1.807, 2.05) is 13.8 Å². The molecule has 0 aliphatic carbocycles. The molecule has 76 valence electrons. The Labute approximate surface area is 78.4 Å². The highest BCUT2D eigenvalue weighted by atomic mass is 16.5. The number of ether oxygens (including phenoxy) is 1. The standard InChI is InChI=1S/C9H17NO3/c1-3-7(2)9(12)13-6-4-5-8(10)11/h7H,3-6H2,1-2H3,(H2,10,11). The second-order valence-electron chi connectivity index (χ2n) is 3.05. The van der Waals surface area contributed by atoms with Crippen molar-refractivity contribution in [2.24, 2.45) is 11.7 Å². The molecule has 0 aliphatic heterocycles. The van der Waals surface area contributed by atoms with Crippen LogP contribution in [-0.2, 0) is 14.3 Å². The molecule has 1 atom stereocenters. The van der Waals surface area contributed by atoms with E-state index in [0.29, 0.717) is 6.42 Å². The number of hydrogen-bond donors (Lipinski definition) is 1. The Balaban J connectivity index is 3.42. The van der Waals surface area contributed by atoms with Gasteiger partial charge in [-0.25, -0.2) is 0 Å². The normalized spacial score (nSPS) is 12.2. The molecule has 2 N–H and O–H groups in total. The topological polar surface area (TPSA) is 69.4 Å². The zero-order chi connectivity index (χ0) is 10.3. The average molecular weight is 187 g/mol. The van der Waals surface area contributed by atoms with Crippen molar-refractivity contribution in [3.8, 4) is 0 Å². The minimum atomic E-state index is -0.361. The monoisotopic (exact) mass is 187 g/mol. The van der Waals surface area contributed by atoms with Crippen LogP contribution in [0.25, 0.3) is 0 Å². The van der Waals surface area contributed by atoms with Gasteiger partial charge in [-0.15, -0.1) is 0 Å². The van der Waals surface area contributed by atoms with Crippen LogP contribution in [0.3, 0.4) is 0 Å². The summed E-state index contributed by atoms with van der Waals surface area (Å²) in [6.45, 7) is 4.03. The van der Waals surface area contributed by atoms with Crippen LogP contribution in [-0.4, -0.2) is 18.5 Å². The molecule has 0 spiro atoms. The Morgan fingerprint density at radius 1 is 1.46 bits per heavy atom. The van der Waals surface area contributed by atoms with E-state index in [1.165, 1.54) is 0 Å². The molecule has 4 nitrogen and oxygen atoms in total. The van der Waals surface area contributed by atoms with E-state index in [4.69, 9.17) is 10.5 Å². The Bertz CT molecular complexity index is 180. The minimum Gasteiger partial charge on any atom is -0.465 e. The summed E-state index contributed by atoms with van der Waals surface area (Å²) in [7, 11) is 0. The zero-order valence-electron chi connectivity index (χ0n) is 8.21. The average Bonchev–Trinajstić information content (AvgIpc) is 2.10. The molecular formula is C9H17NO3. The van der Waals surface area contributed by atoms with Gasteiger partial charge in [-0.1, -0.05) is 13.8 Å². The van der Waals surface area contributed by atoms with Gasteiger partial charge in [0.15, 0.2) is 0 Å². The summed E-state index contributed by atoms with van der Waals surface area (Å²) in [5.41, 5.74) is 4.92. The summed E-state index contributed by atoms with van der Waals surface area (Å²) in [4.78, 5) is 21.4. The summed E-state index contributed by atoms with van der Waals surface area (Å²) in [5.74, 6) is -0.625. The number of rotatable bonds is 6. The van der Waals surface area contributed by atoms with Crippen molar-refractivity contribution >= 4 is 11.9 Å². The second-order valence-corrected chi connectivity index (χ2v) is 3.05. The van der Waals surface area contributed by atoms with Gasteiger partial charge in [0.2, 0.25) is 5.91 Å². The Morgan fingerprint density at radius 2 is 2.08 bits per heavy atom. The summed E-state index contributed by atoms with van der Waals surface area (Å²) < 4.78 is 4.90.